The van der Waals surface area contributed by atoms with Gasteiger partial charge in [0.25, 0.3) is 0 Å². The van der Waals surface area contributed by atoms with E-state index in [0.717, 1.165) is 0 Å². The van der Waals surface area contributed by atoms with Crippen molar-refractivity contribution in [1.29, 1.82) is 0 Å². The lowest BCUT2D eigenvalue weighted by molar-refractivity contribution is -0.141. The Morgan fingerprint density at radius 2 is 2.18 bits per heavy atom. The minimum atomic E-state index is -1.10. The number of benzene rings is 1. The molecule has 1 unspecified atom stereocenters. The molecule has 1 rings (SSSR count). The van der Waals surface area contributed by atoms with Crippen LogP contribution in [-0.2, 0) is 16.0 Å². The number of rotatable bonds is 4. The number of carboxylic acids is 1. The number of amides is 1. The summed E-state index contributed by atoms with van der Waals surface area (Å²) < 4.78 is 13.2. The van der Waals surface area contributed by atoms with Crippen LogP contribution in [0.25, 0.3) is 0 Å². The zero-order valence-electron chi connectivity index (χ0n) is 9.04. The molecule has 0 radical (unpaired) electrons. The van der Waals surface area contributed by atoms with Gasteiger partial charge in [0.2, 0.25) is 5.91 Å². The Labute approximate surface area is 106 Å². The molecule has 1 aromatic carbocycles. The quantitative estimate of drug-likeness (QED) is 0.890. The van der Waals surface area contributed by atoms with E-state index in [1.54, 1.807) is 0 Å². The van der Waals surface area contributed by atoms with Gasteiger partial charge in [-0.05, 0) is 40.5 Å². The number of halogens is 2. The maximum absolute atomic E-state index is 12.9. The highest BCUT2D eigenvalue weighted by Crippen LogP contribution is 2.17. The van der Waals surface area contributed by atoms with Crippen LogP contribution in [0.5, 0.6) is 0 Å². The molecule has 1 aromatic rings. The minimum absolute atomic E-state index is 0.0104. The Morgan fingerprint density at radius 1 is 1.53 bits per heavy atom. The molecule has 0 saturated heterocycles. The second-order valence-corrected chi connectivity index (χ2v) is 4.41. The van der Waals surface area contributed by atoms with E-state index in [0.29, 0.717) is 5.56 Å². The van der Waals surface area contributed by atoms with E-state index in [1.165, 1.54) is 25.1 Å². The molecule has 0 fully saturated rings. The van der Waals surface area contributed by atoms with Crippen molar-refractivity contribution in [2.75, 3.05) is 0 Å². The third kappa shape index (κ3) is 4.14. The van der Waals surface area contributed by atoms with Crippen LogP contribution >= 0.6 is 15.9 Å². The average molecular weight is 304 g/mol. The summed E-state index contributed by atoms with van der Waals surface area (Å²) in [6, 6.07) is 3.27. The van der Waals surface area contributed by atoms with Crippen molar-refractivity contribution >= 4 is 27.8 Å². The largest absolute Gasteiger partial charge is 0.480 e. The molecule has 0 heterocycles. The Bertz CT molecular complexity index is 450. The van der Waals surface area contributed by atoms with Crippen LogP contribution in [0.2, 0.25) is 0 Å². The van der Waals surface area contributed by atoms with Gasteiger partial charge in [-0.1, -0.05) is 6.07 Å². The number of carbonyl (C=O) groups excluding carboxylic acids is 1. The number of aliphatic carboxylic acids is 1. The molecule has 6 heteroatoms. The van der Waals surface area contributed by atoms with Gasteiger partial charge < -0.3 is 10.4 Å². The van der Waals surface area contributed by atoms with Gasteiger partial charge in [0, 0.05) is 0 Å². The van der Waals surface area contributed by atoms with E-state index in [2.05, 4.69) is 21.2 Å². The van der Waals surface area contributed by atoms with E-state index in [9.17, 15) is 14.0 Å². The van der Waals surface area contributed by atoms with Gasteiger partial charge in [-0.15, -0.1) is 0 Å². The first-order valence-electron chi connectivity index (χ1n) is 4.86. The van der Waals surface area contributed by atoms with Gasteiger partial charge >= 0.3 is 5.97 Å². The van der Waals surface area contributed by atoms with Gasteiger partial charge in [0.05, 0.1) is 10.9 Å². The molecular formula is C11H11BrFNO3. The highest BCUT2D eigenvalue weighted by molar-refractivity contribution is 9.10. The molecule has 1 atom stereocenters. The number of carboxylic acid groups (broad SMARTS) is 1. The number of hydrogen-bond acceptors (Lipinski definition) is 2. The van der Waals surface area contributed by atoms with Gasteiger partial charge in [-0.2, -0.15) is 0 Å². The minimum Gasteiger partial charge on any atom is -0.480 e. The van der Waals surface area contributed by atoms with Crippen molar-refractivity contribution in [2.24, 2.45) is 0 Å². The molecule has 0 aliphatic heterocycles. The van der Waals surface area contributed by atoms with Crippen molar-refractivity contribution < 1.29 is 19.1 Å². The van der Waals surface area contributed by atoms with Crippen molar-refractivity contribution in [1.82, 2.24) is 5.32 Å². The lowest BCUT2D eigenvalue weighted by Gasteiger charge is -2.09. The summed E-state index contributed by atoms with van der Waals surface area (Å²) >= 11 is 3.01. The summed E-state index contributed by atoms with van der Waals surface area (Å²) in [5.74, 6) is -1.93. The molecule has 0 aliphatic rings. The van der Waals surface area contributed by atoms with E-state index < -0.39 is 23.7 Å². The SMILES string of the molecule is CC(NC(=O)Cc1ccc(F)c(Br)c1)C(=O)O. The zero-order valence-corrected chi connectivity index (χ0v) is 10.6. The molecule has 0 saturated carbocycles. The smallest absolute Gasteiger partial charge is 0.325 e. The lowest BCUT2D eigenvalue weighted by Crippen LogP contribution is -2.39. The Morgan fingerprint density at radius 3 is 2.71 bits per heavy atom. The maximum atomic E-state index is 12.9. The normalized spacial score (nSPS) is 11.9. The van der Waals surface area contributed by atoms with Crippen LogP contribution in [0.1, 0.15) is 12.5 Å². The highest BCUT2D eigenvalue weighted by Gasteiger charge is 2.14. The van der Waals surface area contributed by atoms with E-state index in [-0.39, 0.29) is 10.9 Å². The average Bonchev–Trinajstić information content (AvgIpc) is 2.23. The fourth-order valence-electron chi connectivity index (χ4n) is 1.19. The number of nitrogens with one attached hydrogen (secondary N) is 1. The molecule has 0 bridgehead atoms. The molecule has 0 spiro atoms. The predicted molar refractivity (Wildman–Crippen MR) is 63.0 cm³/mol. The van der Waals surface area contributed by atoms with Gasteiger partial charge in [-0.25, -0.2) is 4.39 Å². The molecule has 0 aromatic heterocycles. The van der Waals surface area contributed by atoms with Crippen molar-refractivity contribution in [2.45, 2.75) is 19.4 Å². The standard InChI is InChI=1S/C11H11BrFNO3/c1-6(11(16)17)14-10(15)5-7-2-3-9(13)8(12)4-7/h2-4,6H,5H2,1H3,(H,14,15)(H,16,17). The maximum Gasteiger partial charge on any atom is 0.325 e. The second-order valence-electron chi connectivity index (χ2n) is 3.55. The molecule has 2 N–H and O–H groups in total. The third-order valence-electron chi connectivity index (χ3n) is 2.10. The lowest BCUT2D eigenvalue weighted by atomic mass is 10.1. The van der Waals surface area contributed by atoms with Crippen molar-refractivity contribution in [3.05, 3.63) is 34.1 Å². The fraction of sp³-hybridized carbons (Fsp3) is 0.273. The fourth-order valence-corrected chi connectivity index (χ4v) is 1.62. The first kappa shape index (κ1) is 13.6. The first-order chi connectivity index (χ1) is 7.90. The first-order valence-corrected chi connectivity index (χ1v) is 5.65. The van der Waals surface area contributed by atoms with Crippen LogP contribution < -0.4 is 5.32 Å². The summed E-state index contributed by atoms with van der Waals surface area (Å²) in [4.78, 5) is 22.0. The summed E-state index contributed by atoms with van der Waals surface area (Å²) in [6.07, 6.45) is 0.0104. The van der Waals surface area contributed by atoms with E-state index in [1.807, 2.05) is 0 Å². The summed E-state index contributed by atoms with van der Waals surface area (Å²) in [7, 11) is 0. The van der Waals surface area contributed by atoms with Crippen molar-refractivity contribution in [3.8, 4) is 0 Å². The van der Waals surface area contributed by atoms with Gasteiger partial charge in [0.15, 0.2) is 0 Å². The zero-order chi connectivity index (χ0) is 13.0. The Kier molecular flexibility index (Phi) is 4.62. The third-order valence-corrected chi connectivity index (χ3v) is 2.70. The highest BCUT2D eigenvalue weighted by atomic mass is 79.9. The number of carbonyl (C=O) groups is 2. The molecular weight excluding hydrogens is 293 g/mol. The van der Waals surface area contributed by atoms with Crippen LogP contribution in [0.3, 0.4) is 0 Å². The van der Waals surface area contributed by atoms with Gasteiger partial charge in [0.1, 0.15) is 11.9 Å². The summed E-state index contributed by atoms with van der Waals surface area (Å²) in [5, 5.41) is 10.9. The van der Waals surface area contributed by atoms with Gasteiger partial charge in [-0.3, -0.25) is 9.59 Å². The predicted octanol–water partition coefficient (Wildman–Crippen LogP) is 1.72. The Hall–Kier alpha value is -1.43. The molecule has 0 aliphatic carbocycles. The Balaban J connectivity index is 2.62. The second kappa shape index (κ2) is 5.77. The van der Waals surface area contributed by atoms with Crippen molar-refractivity contribution in [3.63, 3.8) is 0 Å². The van der Waals surface area contributed by atoms with E-state index in [4.69, 9.17) is 5.11 Å². The van der Waals surface area contributed by atoms with Crippen LogP contribution in [0.15, 0.2) is 22.7 Å². The van der Waals surface area contributed by atoms with Crippen LogP contribution in [0.4, 0.5) is 4.39 Å². The monoisotopic (exact) mass is 303 g/mol. The topological polar surface area (TPSA) is 66.4 Å². The van der Waals surface area contributed by atoms with Crippen LogP contribution in [-0.4, -0.2) is 23.0 Å². The summed E-state index contributed by atoms with van der Waals surface area (Å²) in [5.41, 5.74) is 0.605. The van der Waals surface area contributed by atoms with E-state index >= 15 is 0 Å². The number of hydrogen-bond donors (Lipinski definition) is 2. The molecule has 92 valence electrons. The van der Waals surface area contributed by atoms with Crippen LogP contribution in [0, 0.1) is 5.82 Å². The summed E-state index contributed by atoms with van der Waals surface area (Å²) in [6.45, 7) is 1.38. The molecule has 4 nitrogen and oxygen atoms in total. The molecule has 17 heavy (non-hydrogen) atoms. The molecule has 1 amide bonds.